The maximum atomic E-state index is 12.1. The molecule has 0 atom stereocenters. The lowest BCUT2D eigenvalue weighted by Crippen LogP contribution is -2.09. The Morgan fingerprint density at radius 2 is 1.94 bits per heavy atom. The largest absolute Gasteiger partial charge is 0.493 e. The van der Waals surface area contributed by atoms with Crippen molar-refractivity contribution >= 4 is 5.78 Å². The van der Waals surface area contributed by atoms with Crippen LogP contribution in [0.2, 0.25) is 0 Å². The molecule has 0 N–H and O–H groups in total. The van der Waals surface area contributed by atoms with Crippen LogP contribution in [0.5, 0.6) is 5.75 Å². The Balaban J connectivity index is 2.33. The van der Waals surface area contributed by atoms with Crippen molar-refractivity contribution in [2.45, 2.75) is 39.0 Å². The number of benzene rings is 1. The quantitative estimate of drug-likeness (QED) is 0.666. The molecule has 0 amide bonds. The van der Waals surface area contributed by atoms with E-state index in [9.17, 15) is 4.79 Å². The van der Waals surface area contributed by atoms with Crippen molar-refractivity contribution in [3.05, 3.63) is 29.3 Å². The highest BCUT2D eigenvalue weighted by atomic mass is 16.5. The van der Waals surface area contributed by atoms with Crippen molar-refractivity contribution in [3.63, 3.8) is 0 Å². The van der Waals surface area contributed by atoms with Gasteiger partial charge in [-0.1, -0.05) is 25.0 Å². The van der Waals surface area contributed by atoms with Crippen LogP contribution in [-0.2, 0) is 0 Å². The Labute approximate surface area is 96.6 Å². The number of fused-ring (bicyclic) bond motifs is 1. The molecule has 0 unspecified atom stereocenters. The van der Waals surface area contributed by atoms with Crippen LogP contribution in [0.15, 0.2) is 18.2 Å². The standard InChI is InChI=1S/C14H18O2/c1-11-7-6-9-13-14(11)12(15)8-4-2-3-5-10-16-13/h6-7,9H,2-5,8,10H2,1H3. The Morgan fingerprint density at radius 1 is 1.12 bits per heavy atom. The summed E-state index contributed by atoms with van der Waals surface area (Å²) in [5.74, 6) is 1.00. The summed E-state index contributed by atoms with van der Waals surface area (Å²) in [4.78, 5) is 12.1. The summed E-state index contributed by atoms with van der Waals surface area (Å²) in [5, 5.41) is 0. The first-order valence-corrected chi connectivity index (χ1v) is 6.04. The summed E-state index contributed by atoms with van der Waals surface area (Å²) in [6, 6.07) is 5.83. The highest BCUT2D eigenvalue weighted by Gasteiger charge is 2.15. The van der Waals surface area contributed by atoms with Gasteiger partial charge in [-0.2, -0.15) is 0 Å². The number of hydrogen-bond acceptors (Lipinski definition) is 2. The number of ketones is 1. The van der Waals surface area contributed by atoms with Crippen LogP contribution in [-0.4, -0.2) is 12.4 Å². The summed E-state index contributed by atoms with van der Waals surface area (Å²) >= 11 is 0. The van der Waals surface area contributed by atoms with E-state index in [1.165, 1.54) is 0 Å². The van der Waals surface area contributed by atoms with Gasteiger partial charge >= 0.3 is 0 Å². The summed E-state index contributed by atoms with van der Waals surface area (Å²) in [6.07, 6.45) is 5.04. The molecule has 16 heavy (non-hydrogen) atoms. The Morgan fingerprint density at radius 3 is 2.81 bits per heavy atom. The molecule has 1 aromatic carbocycles. The lowest BCUT2D eigenvalue weighted by atomic mass is 9.98. The third-order valence-corrected chi connectivity index (χ3v) is 3.07. The topological polar surface area (TPSA) is 26.3 Å². The molecule has 2 rings (SSSR count). The van der Waals surface area contributed by atoms with Crippen LogP contribution in [0.3, 0.4) is 0 Å². The molecule has 1 aliphatic rings. The number of aryl methyl sites for hydroxylation is 1. The van der Waals surface area contributed by atoms with Gasteiger partial charge in [0, 0.05) is 6.42 Å². The zero-order chi connectivity index (χ0) is 11.4. The second-order valence-corrected chi connectivity index (χ2v) is 4.38. The highest BCUT2D eigenvalue weighted by Crippen LogP contribution is 2.25. The SMILES string of the molecule is Cc1cccc2c1C(=O)CCCCCCO2. The average Bonchev–Trinajstić information content (AvgIpc) is 2.27. The van der Waals surface area contributed by atoms with Crippen molar-refractivity contribution in [3.8, 4) is 5.75 Å². The normalized spacial score (nSPS) is 17.4. The lowest BCUT2D eigenvalue weighted by Gasteiger charge is -2.14. The molecule has 0 saturated heterocycles. The van der Waals surface area contributed by atoms with Gasteiger partial charge in [-0.05, 0) is 31.4 Å². The van der Waals surface area contributed by atoms with Crippen LogP contribution in [0.1, 0.15) is 48.0 Å². The fourth-order valence-electron chi connectivity index (χ4n) is 2.17. The number of rotatable bonds is 0. The van der Waals surface area contributed by atoms with Crippen molar-refractivity contribution < 1.29 is 9.53 Å². The predicted molar refractivity (Wildman–Crippen MR) is 64.1 cm³/mol. The second-order valence-electron chi connectivity index (χ2n) is 4.38. The van der Waals surface area contributed by atoms with Crippen molar-refractivity contribution in [2.24, 2.45) is 0 Å². The van der Waals surface area contributed by atoms with E-state index < -0.39 is 0 Å². The molecule has 1 aromatic rings. The molecule has 0 radical (unpaired) electrons. The molecule has 2 heteroatoms. The maximum absolute atomic E-state index is 12.1. The van der Waals surface area contributed by atoms with Gasteiger partial charge in [0.1, 0.15) is 5.75 Å². The first-order valence-electron chi connectivity index (χ1n) is 6.04. The van der Waals surface area contributed by atoms with Gasteiger partial charge in [0.2, 0.25) is 0 Å². The minimum atomic E-state index is 0.231. The minimum absolute atomic E-state index is 0.231. The fourth-order valence-corrected chi connectivity index (χ4v) is 2.17. The fraction of sp³-hybridized carbons (Fsp3) is 0.500. The van der Waals surface area contributed by atoms with Gasteiger partial charge in [-0.25, -0.2) is 0 Å². The molecule has 0 aromatic heterocycles. The van der Waals surface area contributed by atoms with E-state index in [1.54, 1.807) is 0 Å². The van der Waals surface area contributed by atoms with Crippen molar-refractivity contribution in [1.82, 2.24) is 0 Å². The third-order valence-electron chi connectivity index (χ3n) is 3.07. The maximum Gasteiger partial charge on any atom is 0.166 e. The van der Waals surface area contributed by atoms with E-state index >= 15 is 0 Å². The lowest BCUT2D eigenvalue weighted by molar-refractivity contribution is 0.0972. The van der Waals surface area contributed by atoms with Crippen molar-refractivity contribution in [2.75, 3.05) is 6.61 Å². The molecule has 0 saturated carbocycles. The number of carbonyl (C=O) groups is 1. The third kappa shape index (κ3) is 2.43. The molecular weight excluding hydrogens is 200 g/mol. The molecule has 1 heterocycles. The minimum Gasteiger partial charge on any atom is -0.493 e. The van der Waals surface area contributed by atoms with E-state index in [4.69, 9.17) is 4.74 Å². The number of hydrogen-bond donors (Lipinski definition) is 0. The van der Waals surface area contributed by atoms with E-state index in [2.05, 4.69) is 0 Å². The average molecular weight is 218 g/mol. The van der Waals surface area contributed by atoms with E-state index in [-0.39, 0.29) is 5.78 Å². The van der Waals surface area contributed by atoms with E-state index in [0.717, 1.165) is 49.2 Å². The van der Waals surface area contributed by atoms with Crippen LogP contribution in [0.4, 0.5) is 0 Å². The van der Waals surface area contributed by atoms with Crippen LogP contribution >= 0.6 is 0 Å². The predicted octanol–water partition coefficient (Wildman–Crippen LogP) is 3.52. The molecule has 86 valence electrons. The summed E-state index contributed by atoms with van der Waals surface area (Å²) in [5.41, 5.74) is 1.83. The zero-order valence-electron chi connectivity index (χ0n) is 9.79. The van der Waals surface area contributed by atoms with Gasteiger partial charge in [-0.3, -0.25) is 4.79 Å². The Bertz CT molecular complexity index is 382. The summed E-state index contributed by atoms with van der Waals surface area (Å²) < 4.78 is 5.69. The molecule has 0 aliphatic carbocycles. The van der Waals surface area contributed by atoms with Crippen LogP contribution in [0, 0.1) is 6.92 Å². The van der Waals surface area contributed by atoms with Gasteiger partial charge in [-0.15, -0.1) is 0 Å². The molecule has 0 spiro atoms. The highest BCUT2D eigenvalue weighted by molar-refractivity contribution is 6.00. The zero-order valence-corrected chi connectivity index (χ0v) is 9.79. The van der Waals surface area contributed by atoms with Gasteiger partial charge in [0.15, 0.2) is 5.78 Å². The Kier molecular flexibility index (Phi) is 3.60. The van der Waals surface area contributed by atoms with E-state index in [1.807, 2.05) is 25.1 Å². The molecule has 1 aliphatic heterocycles. The van der Waals surface area contributed by atoms with Crippen LogP contribution in [0.25, 0.3) is 0 Å². The van der Waals surface area contributed by atoms with Crippen LogP contribution < -0.4 is 4.74 Å². The first-order chi connectivity index (χ1) is 7.79. The molecule has 2 nitrogen and oxygen atoms in total. The summed E-state index contributed by atoms with van der Waals surface area (Å²) in [6.45, 7) is 2.70. The monoisotopic (exact) mass is 218 g/mol. The van der Waals surface area contributed by atoms with Gasteiger partial charge in [0.05, 0.1) is 12.2 Å². The smallest absolute Gasteiger partial charge is 0.166 e. The number of ether oxygens (including phenoxy) is 1. The van der Waals surface area contributed by atoms with Gasteiger partial charge < -0.3 is 4.74 Å². The molecular formula is C14H18O2. The molecule has 0 bridgehead atoms. The number of Topliss-reactive ketones (excluding diaryl/α,β-unsaturated/α-hetero) is 1. The Hall–Kier alpha value is -1.31. The van der Waals surface area contributed by atoms with E-state index in [0.29, 0.717) is 6.42 Å². The summed E-state index contributed by atoms with van der Waals surface area (Å²) in [7, 11) is 0. The molecule has 0 fully saturated rings. The van der Waals surface area contributed by atoms with Gasteiger partial charge in [0.25, 0.3) is 0 Å². The van der Waals surface area contributed by atoms with Crippen molar-refractivity contribution in [1.29, 1.82) is 0 Å². The number of carbonyl (C=O) groups excluding carboxylic acids is 1. The first kappa shape index (κ1) is 11.2. The second kappa shape index (κ2) is 5.15.